The molecule has 3 heterocycles. The molecule has 0 radical (unpaired) electrons. The molecule has 13 nitrogen and oxygen atoms in total. The maximum Gasteiger partial charge on any atom is 0.411 e. The van der Waals surface area contributed by atoms with Crippen LogP contribution in [0.3, 0.4) is 0 Å². The number of benzene rings is 2. The molecule has 5 rings (SSSR count). The zero-order valence-corrected chi connectivity index (χ0v) is 25.1. The van der Waals surface area contributed by atoms with Gasteiger partial charge in [0.2, 0.25) is 5.91 Å². The van der Waals surface area contributed by atoms with E-state index >= 15 is 0 Å². The van der Waals surface area contributed by atoms with Crippen molar-refractivity contribution in [3.8, 4) is 16.8 Å². The highest BCUT2D eigenvalue weighted by Crippen LogP contribution is 2.30. The SMILES string of the molecule is CCn1ccc(CC(NC(=O)C=Cc2cc(Cl)ccc2-n2cnnn2)c2cc(-c3ccc(NC(=O)OC)cc3)c(Cl)nn2)n1. The van der Waals surface area contributed by atoms with Gasteiger partial charge in [0.1, 0.15) is 6.33 Å². The number of hydrogen-bond acceptors (Lipinski definition) is 9. The Kier molecular flexibility index (Phi) is 9.57. The summed E-state index contributed by atoms with van der Waals surface area (Å²) in [6.07, 6.45) is 6.11. The molecule has 0 saturated heterocycles. The molecule has 1 unspecified atom stereocenters. The van der Waals surface area contributed by atoms with Crippen LogP contribution in [0.25, 0.3) is 22.9 Å². The topological polar surface area (TPSA) is 155 Å². The third-order valence-electron chi connectivity index (χ3n) is 6.50. The van der Waals surface area contributed by atoms with Gasteiger partial charge in [0, 0.05) is 47.1 Å². The summed E-state index contributed by atoms with van der Waals surface area (Å²) in [5.74, 6) is -0.385. The maximum absolute atomic E-state index is 13.3. The number of aryl methyl sites for hydroxylation is 1. The van der Waals surface area contributed by atoms with Crippen LogP contribution < -0.4 is 10.6 Å². The number of amides is 2. The lowest BCUT2D eigenvalue weighted by Gasteiger charge is -2.17. The molecular weight excluding hydrogens is 607 g/mol. The second-order valence-electron chi connectivity index (χ2n) is 9.39. The van der Waals surface area contributed by atoms with Crippen LogP contribution in [0.1, 0.15) is 29.9 Å². The lowest BCUT2D eigenvalue weighted by atomic mass is 10.0. The number of anilines is 1. The molecule has 0 fully saturated rings. The van der Waals surface area contributed by atoms with Crippen LogP contribution in [0.5, 0.6) is 0 Å². The fourth-order valence-electron chi connectivity index (χ4n) is 4.32. The van der Waals surface area contributed by atoms with E-state index in [0.29, 0.717) is 46.2 Å². The first-order chi connectivity index (χ1) is 21.3. The van der Waals surface area contributed by atoms with Crippen LogP contribution in [0, 0.1) is 0 Å². The Morgan fingerprint density at radius 1 is 1.07 bits per heavy atom. The Labute approximate surface area is 261 Å². The molecule has 3 aromatic heterocycles. The van der Waals surface area contributed by atoms with E-state index in [2.05, 4.69) is 46.2 Å². The zero-order valence-electron chi connectivity index (χ0n) is 23.6. The van der Waals surface area contributed by atoms with E-state index in [-0.39, 0.29) is 11.1 Å². The summed E-state index contributed by atoms with van der Waals surface area (Å²) in [7, 11) is 1.29. The number of nitrogens with zero attached hydrogens (tertiary/aromatic N) is 8. The molecule has 224 valence electrons. The summed E-state index contributed by atoms with van der Waals surface area (Å²) >= 11 is 12.7. The van der Waals surface area contributed by atoms with Crippen LogP contribution in [0.15, 0.2) is 73.2 Å². The normalized spacial score (nSPS) is 11.8. The van der Waals surface area contributed by atoms with Gasteiger partial charge >= 0.3 is 6.09 Å². The van der Waals surface area contributed by atoms with Crippen molar-refractivity contribution in [1.29, 1.82) is 0 Å². The Morgan fingerprint density at radius 2 is 1.89 bits per heavy atom. The fourth-order valence-corrected chi connectivity index (χ4v) is 4.70. The molecule has 5 aromatic rings. The average molecular weight is 634 g/mol. The average Bonchev–Trinajstić information content (AvgIpc) is 3.73. The molecule has 2 aromatic carbocycles. The van der Waals surface area contributed by atoms with E-state index < -0.39 is 12.1 Å². The van der Waals surface area contributed by atoms with Crippen molar-refractivity contribution in [2.24, 2.45) is 0 Å². The molecule has 0 aliphatic carbocycles. The van der Waals surface area contributed by atoms with Gasteiger partial charge in [-0.2, -0.15) is 14.9 Å². The van der Waals surface area contributed by atoms with E-state index in [1.807, 2.05) is 19.2 Å². The molecule has 1 atom stereocenters. The van der Waals surface area contributed by atoms with E-state index in [9.17, 15) is 9.59 Å². The first kappa shape index (κ1) is 30.3. The van der Waals surface area contributed by atoms with Crippen molar-refractivity contribution in [2.75, 3.05) is 12.4 Å². The fraction of sp³-hybridized carbons (Fsp3) is 0.172. The number of methoxy groups -OCH3 is 1. The molecule has 0 aliphatic rings. The Bertz CT molecular complexity index is 1790. The highest BCUT2D eigenvalue weighted by atomic mass is 35.5. The van der Waals surface area contributed by atoms with E-state index in [4.69, 9.17) is 23.2 Å². The molecule has 2 amide bonds. The minimum atomic E-state index is -0.602. The quantitative estimate of drug-likeness (QED) is 0.204. The summed E-state index contributed by atoms with van der Waals surface area (Å²) in [5, 5.41) is 30.6. The van der Waals surface area contributed by atoms with Gasteiger partial charge in [-0.15, -0.1) is 10.2 Å². The van der Waals surface area contributed by atoms with E-state index in [1.165, 1.54) is 24.2 Å². The van der Waals surface area contributed by atoms with Crippen LogP contribution in [-0.2, 0) is 22.5 Å². The third kappa shape index (κ3) is 7.43. The summed E-state index contributed by atoms with van der Waals surface area (Å²) in [6.45, 7) is 2.69. The lowest BCUT2D eigenvalue weighted by molar-refractivity contribution is -0.117. The highest BCUT2D eigenvalue weighted by molar-refractivity contribution is 6.32. The summed E-state index contributed by atoms with van der Waals surface area (Å²) in [5.41, 5.74) is 4.39. The van der Waals surface area contributed by atoms with Crippen LogP contribution in [0.4, 0.5) is 10.5 Å². The number of tetrazole rings is 1. The predicted molar refractivity (Wildman–Crippen MR) is 164 cm³/mol. The summed E-state index contributed by atoms with van der Waals surface area (Å²) in [4.78, 5) is 24.8. The van der Waals surface area contributed by atoms with Gasteiger partial charge in [-0.25, -0.2) is 4.79 Å². The molecule has 15 heteroatoms. The number of ether oxygens (including phenoxy) is 1. The molecule has 0 spiro atoms. The smallest absolute Gasteiger partial charge is 0.411 e. The number of hydrogen-bond donors (Lipinski definition) is 2. The van der Waals surface area contributed by atoms with Gasteiger partial charge in [-0.1, -0.05) is 35.3 Å². The maximum atomic E-state index is 13.3. The second kappa shape index (κ2) is 13.9. The number of rotatable bonds is 10. The standard InChI is InChI=1S/C29H26Cl2N10O3/c1-3-40-13-12-22(37-40)15-24(34-27(42)11-6-19-14-20(30)7-10-26(19)41-17-32-38-39-41)25-16-23(28(31)36-35-25)18-4-8-21(9-5-18)33-29(43)44-2/h4-14,16-17,24H,3,15H2,1-2H3,(H,33,43)(H,34,42). The first-order valence-electron chi connectivity index (χ1n) is 13.3. The number of nitrogens with one attached hydrogen (secondary N) is 2. The monoisotopic (exact) mass is 632 g/mol. The van der Waals surface area contributed by atoms with Crippen molar-refractivity contribution in [3.63, 3.8) is 0 Å². The van der Waals surface area contributed by atoms with Crippen LogP contribution in [0.2, 0.25) is 10.2 Å². The minimum Gasteiger partial charge on any atom is -0.453 e. The van der Waals surface area contributed by atoms with Gasteiger partial charge in [0.25, 0.3) is 0 Å². The first-order valence-corrected chi connectivity index (χ1v) is 14.1. The largest absolute Gasteiger partial charge is 0.453 e. The molecule has 0 aliphatic heterocycles. The molecule has 2 N–H and O–H groups in total. The van der Waals surface area contributed by atoms with Crippen molar-refractivity contribution in [1.82, 2.24) is 45.5 Å². The van der Waals surface area contributed by atoms with E-state index in [0.717, 1.165) is 11.3 Å². The lowest BCUT2D eigenvalue weighted by Crippen LogP contribution is -2.29. The zero-order chi connectivity index (χ0) is 31.1. The van der Waals surface area contributed by atoms with Crippen molar-refractivity contribution in [2.45, 2.75) is 25.9 Å². The van der Waals surface area contributed by atoms with Gasteiger partial charge in [-0.05, 0) is 71.5 Å². The summed E-state index contributed by atoms with van der Waals surface area (Å²) in [6, 6.07) is 15.2. The minimum absolute atomic E-state index is 0.179. The third-order valence-corrected chi connectivity index (χ3v) is 7.02. The van der Waals surface area contributed by atoms with Gasteiger partial charge in [-0.3, -0.25) is 14.8 Å². The predicted octanol–water partition coefficient (Wildman–Crippen LogP) is 4.93. The second-order valence-corrected chi connectivity index (χ2v) is 10.2. The molecular formula is C29H26Cl2N10O3. The number of carbonyl (C=O) groups is 2. The molecule has 44 heavy (non-hydrogen) atoms. The van der Waals surface area contributed by atoms with Crippen molar-refractivity contribution >= 4 is 47.0 Å². The Hall–Kier alpha value is -5.14. The van der Waals surface area contributed by atoms with E-state index in [1.54, 1.807) is 59.3 Å². The van der Waals surface area contributed by atoms with Crippen LogP contribution in [-0.4, -0.2) is 59.3 Å². The highest BCUT2D eigenvalue weighted by Gasteiger charge is 2.20. The summed E-state index contributed by atoms with van der Waals surface area (Å²) < 4.78 is 7.92. The Balaban J connectivity index is 1.43. The van der Waals surface area contributed by atoms with Gasteiger partial charge in [0.05, 0.1) is 30.2 Å². The molecule has 0 bridgehead atoms. The van der Waals surface area contributed by atoms with Crippen LogP contribution >= 0.6 is 23.2 Å². The number of carbonyl (C=O) groups excluding carboxylic acids is 2. The number of halogens is 2. The van der Waals surface area contributed by atoms with Crippen molar-refractivity contribution in [3.05, 3.63) is 100 Å². The van der Waals surface area contributed by atoms with Gasteiger partial charge in [0.15, 0.2) is 5.15 Å². The Morgan fingerprint density at radius 3 is 2.59 bits per heavy atom. The van der Waals surface area contributed by atoms with Crippen molar-refractivity contribution < 1.29 is 14.3 Å². The van der Waals surface area contributed by atoms with Gasteiger partial charge < -0.3 is 10.1 Å². The molecule has 0 saturated carbocycles. The number of aromatic nitrogens is 8.